The number of hydrogen-bond acceptors (Lipinski definition) is 4. The van der Waals surface area contributed by atoms with Crippen molar-refractivity contribution in [3.63, 3.8) is 0 Å². The summed E-state index contributed by atoms with van der Waals surface area (Å²) in [5.74, 6) is -0.525. The van der Waals surface area contributed by atoms with Crippen LogP contribution in [0.3, 0.4) is 0 Å². The molecule has 0 saturated carbocycles. The third-order valence-electron chi connectivity index (χ3n) is 6.40. The average Bonchev–Trinajstić information content (AvgIpc) is 2.83. The molecule has 2 aromatic carbocycles. The minimum Gasteiger partial charge on any atom is -0.352 e. The molecule has 9 heteroatoms. The first kappa shape index (κ1) is 26.2. The van der Waals surface area contributed by atoms with E-state index in [9.17, 15) is 18.0 Å². The van der Waals surface area contributed by atoms with E-state index >= 15 is 0 Å². The molecular weight excluding hydrogens is 474 g/mol. The van der Waals surface area contributed by atoms with Crippen LogP contribution in [0.25, 0.3) is 0 Å². The van der Waals surface area contributed by atoms with E-state index in [1.807, 2.05) is 26.8 Å². The first-order chi connectivity index (χ1) is 16.1. The largest absolute Gasteiger partial charge is 0.352 e. The maximum absolute atomic E-state index is 13.2. The first-order valence-corrected chi connectivity index (χ1v) is 13.3. The maximum Gasteiger partial charge on any atom is 0.251 e. The molecule has 2 atom stereocenters. The molecule has 1 heterocycles. The third-order valence-corrected chi connectivity index (χ3v) is 8.56. The lowest BCUT2D eigenvalue weighted by molar-refractivity contribution is -0.125. The van der Waals surface area contributed by atoms with Crippen molar-refractivity contribution in [3.05, 3.63) is 65.2 Å². The lowest BCUT2D eigenvalue weighted by atomic mass is 9.89. The molecule has 2 amide bonds. The van der Waals surface area contributed by atoms with Crippen molar-refractivity contribution in [3.8, 4) is 0 Å². The quantitative estimate of drug-likeness (QED) is 0.571. The Morgan fingerprint density at radius 3 is 2.09 bits per heavy atom. The van der Waals surface area contributed by atoms with Crippen LogP contribution in [-0.4, -0.2) is 49.7 Å². The molecule has 34 heavy (non-hydrogen) atoms. The normalized spacial score (nSPS) is 17.2. The Kier molecular flexibility index (Phi) is 8.73. The van der Waals surface area contributed by atoms with Crippen molar-refractivity contribution in [2.75, 3.05) is 13.1 Å². The predicted octanol–water partition coefficient (Wildman–Crippen LogP) is 3.70. The summed E-state index contributed by atoms with van der Waals surface area (Å²) in [6.45, 7) is 6.49. The topological polar surface area (TPSA) is 95.6 Å². The second kappa shape index (κ2) is 11.3. The number of carbonyl (C=O) groups is 2. The van der Waals surface area contributed by atoms with Gasteiger partial charge < -0.3 is 10.6 Å². The van der Waals surface area contributed by atoms with Crippen LogP contribution < -0.4 is 10.6 Å². The zero-order valence-corrected chi connectivity index (χ0v) is 21.3. The molecule has 0 aromatic heterocycles. The molecule has 1 aliphatic rings. The molecule has 7 nitrogen and oxygen atoms in total. The highest BCUT2D eigenvalue weighted by molar-refractivity contribution is 7.89. The van der Waals surface area contributed by atoms with Gasteiger partial charge in [-0.15, -0.1) is 0 Å². The molecule has 1 aliphatic heterocycles. The number of amides is 2. The number of hydrogen-bond donors (Lipinski definition) is 2. The Morgan fingerprint density at radius 1 is 0.941 bits per heavy atom. The standard InChI is InChI=1S/C25H32ClN3O4S/c1-17(2)18(3)27-25(31)23(28-24(30)20-7-5-4-6-8-20)19-13-15-29(16-14-19)34(32,33)22-11-9-21(26)10-12-22/h4-12,17-19,23H,13-16H2,1-3H3,(H,27,31)(H,28,30)/t18-,23-/m0/s1. The van der Waals surface area contributed by atoms with Crippen LogP contribution in [0.5, 0.6) is 0 Å². The van der Waals surface area contributed by atoms with Gasteiger partial charge in [0.1, 0.15) is 6.04 Å². The molecule has 0 radical (unpaired) electrons. The molecule has 2 aromatic rings. The number of nitrogens with one attached hydrogen (secondary N) is 2. The van der Waals surface area contributed by atoms with Crippen molar-refractivity contribution in [2.24, 2.45) is 11.8 Å². The maximum atomic E-state index is 13.2. The van der Waals surface area contributed by atoms with Gasteiger partial charge in [0.2, 0.25) is 15.9 Å². The van der Waals surface area contributed by atoms with E-state index in [4.69, 9.17) is 11.6 Å². The van der Waals surface area contributed by atoms with Crippen LogP contribution in [0.1, 0.15) is 44.0 Å². The summed E-state index contributed by atoms with van der Waals surface area (Å²) in [5.41, 5.74) is 0.472. The van der Waals surface area contributed by atoms with Crippen molar-refractivity contribution in [2.45, 2.75) is 50.6 Å². The van der Waals surface area contributed by atoms with Gasteiger partial charge in [-0.1, -0.05) is 43.6 Å². The molecule has 3 rings (SSSR count). The van der Waals surface area contributed by atoms with Gasteiger partial charge in [-0.2, -0.15) is 4.31 Å². The van der Waals surface area contributed by atoms with Crippen LogP contribution in [0.15, 0.2) is 59.5 Å². The molecule has 0 aliphatic carbocycles. The fraction of sp³-hybridized carbons (Fsp3) is 0.440. The zero-order chi connectivity index (χ0) is 24.9. The van der Waals surface area contributed by atoms with Crippen molar-refractivity contribution >= 4 is 33.4 Å². The molecule has 1 saturated heterocycles. The molecule has 184 valence electrons. The molecular formula is C25H32ClN3O4S. The van der Waals surface area contributed by atoms with Crippen LogP contribution in [-0.2, 0) is 14.8 Å². The number of piperidine rings is 1. The fourth-order valence-electron chi connectivity index (χ4n) is 3.90. The van der Waals surface area contributed by atoms with Gasteiger partial charge in [-0.05, 0) is 68.0 Å². The van der Waals surface area contributed by atoms with E-state index in [-0.39, 0.29) is 47.7 Å². The van der Waals surface area contributed by atoms with Crippen LogP contribution in [0, 0.1) is 11.8 Å². The van der Waals surface area contributed by atoms with Gasteiger partial charge >= 0.3 is 0 Å². The average molecular weight is 506 g/mol. The van der Waals surface area contributed by atoms with Crippen LogP contribution >= 0.6 is 11.6 Å². The van der Waals surface area contributed by atoms with Crippen LogP contribution in [0.4, 0.5) is 0 Å². The van der Waals surface area contributed by atoms with E-state index in [2.05, 4.69) is 10.6 Å². The number of benzene rings is 2. The number of sulfonamides is 1. The summed E-state index contributed by atoms with van der Waals surface area (Å²) in [5, 5.41) is 6.38. The number of rotatable bonds is 8. The molecule has 0 unspecified atom stereocenters. The minimum atomic E-state index is -3.66. The predicted molar refractivity (Wildman–Crippen MR) is 133 cm³/mol. The Labute approximate surface area is 206 Å². The number of nitrogens with zero attached hydrogens (tertiary/aromatic N) is 1. The second-order valence-corrected chi connectivity index (χ2v) is 11.4. The summed E-state index contributed by atoms with van der Waals surface area (Å²) in [6.07, 6.45) is 0.909. The Bertz CT molecular complexity index is 1080. The SMILES string of the molecule is CC(C)[C@H](C)NC(=O)[C@@H](NC(=O)c1ccccc1)C1CCN(S(=O)(=O)c2ccc(Cl)cc2)CC1. The summed E-state index contributed by atoms with van der Waals surface area (Å²) < 4.78 is 27.5. The lowest BCUT2D eigenvalue weighted by Crippen LogP contribution is -2.55. The summed E-state index contributed by atoms with van der Waals surface area (Å²) in [7, 11) is -3.66. The third kappa shape index (κ3) is 6.37. The van der Waals surface area contributed by atoms with E-state index in [0.29, 0.717) is 23.4 Å². The highest BCUT2D eigenvalue weighted by Gasteiger charge is 2.36. The molecule has 0 spiro atoms. The van der Waals surface area contributed by atoms with Crippen molar-refractivity contribution < 1.29 is 18.0 Å². The van der Waals surface area contributed by atoms with Gasteiger partial charge in [0.25, 0.3) is 5.91 Å². The number of halogens is 1. The van der Waals surface area contributed by atoms with E-state index in [1.165, 1.54) is 16.4 Å². The van der Waals surface area contributed by atoms with Gasteiger partial charge in [0.05, 0.1) is 4.90 Å². The lowest BCUT2D eigenvalue weighted by Gasteiger charge is -2.35. The fourth-order valence-corrected chi connectivity index (χ4v) is 5.49. The van der Waals surface area contributed by atoms with Gasteiger partial charge in [-0.25, -0.2) is 8.42 Å². The summed E-state index contributed by atoms with van der Waals surface area (Å²) in [4.78, 5) is 26.2. The monoisotopic (exact) mass is 505 g/mol. The van der Waals surface area contributed by atoms with E-state index < -0.39 is 16.1 Å². The zero-order valence-electron chi connectivity index (χ0n) is 19.7. The number of carbonyl (C=O) groups excluding carboxylic acids is 2. The first-order valence-electron chi connectivity index (χ1n) is 11.5. The molecule has 1 fully saturated rings. The van der Waals surface area contributed by atoms with Gasteiger partial charge in [-0.3, -0.25) is 9.59 Å². The van der Waals surface area contributed by atoms with E-state index in [1.54, 1.807) is 36.4 Å². The smallest absolute Gasteiger partial charge is 0.251 e. The minimum absolute atomic E-state index is 0.0611. The molecule has 0 bridgehead atoms. The van der Waals surface area contributed by atoms with Gasteiger partial charge in [0, 0.05) is 29.7 Å². The Morgan fingerprint density at radius 2 is 1.53 bits per heavy atom. The second-order valence-electron chi connectivity index (χ2n) is 9.05. The Hall–Kier alpha value is -2.42. The van der Waals surface area contributed by atoms with Crippen LogP contribution in [0.2, 0.25) is 5.02 Å². The summed E-state index contributed by atoms with van der Waals surface area (Å²) in [6, 6.07) is 14.0. The van der Waals surface area contributed by atoms with Crippen molar-refractivity contribution in [1.82, 2.24) is 14.9 Å². The van der Waals surface area contributed by atoms with Gasteiger partial charge in [0.15, 0.2) is 0 Å². The van der Waals surface area contributed by atoms with E-state index in [0.717, 1.165) is 0 Å². The Balaban J connectivity index is 1.74. The highest BCUT2D eigenvalue weighted by Crippen LogP contribution is 2.27. The molecule has 2 N–H and O–H groups in total. The summed E-state index contributed by atoms with van der Waals surface area (Å²) >= 11 is 5.89. The van der Waals surface area contributed by atoms with Crippen molar-refractivity contribution in [1.29, 1.82) is 0 Å². The highest BCUT2D eigenvalue weighted by atomic mass is 35.5.